The number of aromatic nitrogens is 3. The van der Waals surface area contributed by atoms with Gasteiger partial charge in [0, 0.05) is 53.5 Å². The van der Waals surface area contributed by atoms with Gasteiger partial charge >= 0.3 is 0 Å². The summed E-state index contributed by atoms with van der Waals surface area (Å²) in [5.74, 6) is -1.22. The summed E-state index contributed by atoms with van der Waals surface area (Å²) < 4.78 is 1.70. The van der Waals surface area contributed by atoms with Gasteiger partial charge in [-0.1, -0.05) is 66.2 Å². The molecule has 0 spiro atoms. The van der Waals surface area contributed by atoms with Crippen LogP contribution in [0.5, 0.6) is 0 Å². The van der Waals surface area contributed by atoms with E-state index in [9.17, 15) is 14.7 Å². The number of allylic oxidation sites excluding steroid dienone is 1. The molecule has 2 atom stereocenters. The Morgan fingerprint density at radius 2 is 1.93 bits per heavy atom. The van der Waals surface area contributed by atoms with Gasteiger partial charge in [0.15, 0.2) is 5.60 Å². The summed E-state index contributed by atoms with van der Waals surface area (Å²) in [5, 5.41) is 32.4. The average Bonchev–Trinajstić information content (AvgIpc) is 3.52. The van der Waals surface area contributed by atoms with Crippen LogP contribution in [0.2, 0.25) is 5.02 Å². The minimum absolute atomic E-state index is 0.0154. The quantitative estimate of drug-likeness (QED) is 0.219. The number of carbonyl (C=O) groups excluding carboxylic acids is 2. The van der Waals surface area contributed by atoms with Crippen LogP contribution in [0.1, 0.15) is 40.5 Å². The predicted octanol–water partition coefficient (Wildman–Crippen LogP) is 4.74. The standard InChI is InChI=1S/C32H32ClN5O4/c1-22(8-5-6-16-37-21-27(15-17-39)35-36-37)32(42)28-19-25(33)13-14-29(28)38(31(32)41)20-23-9-7-12-26(18-23)34-30(40)24-10-3-2-4-11-24/h2-5,7-14,18-19,21-22,39,42H,6,15-17,20H2,1H3,(H,34,40)/b8-5+/t22-,32+/m1/s1. The van der Waals surface area contributed by atoms with Gasteiger partial charge in [-0.3, -0.25) is 14.3 Å². The molecule has 2 amide bonds. The Balaban J connectivity index is 1.32. The highest BCUT2D eigenvalue weighted by Gasteiger charge is 2.52. The van der Waals surface area contributed by atoms with Gasteiger partial charge < -0.3 is 20.4 Å². The first-order valence-corrected chi connectivity index (χ1v) is 14.1. The van der Waals surface area contributed by atoms with Crippen molar-refractivity contribution in [3.05, 3.63) is 119 Å². The first-order chi connectivity index (χ1) is 20.3. The monoisotopic (exact) mass is 585 g/mol. The topological polar surface area (TPSA) is 121 Å². The lowest BCUT2D eigenvalue weighted by Gasteiger charge is -2.27. The number of amides is 2. The molecule has 0 bridgehead atoms. The minimum atomic E-state index is -1.81. The number of hydrogen-bond acceptors (Lipinski definition) is 6. The number of benzene rings is 3. The van der Waals surface area contributed by atoms with Crippen molar-refractivity contribution in [2.24, 2.45) is 5.92 Å². The number of nitrogens with zero attached hydrogens (tertiary/aromatic N) is 4. The van der Waals surface area contributed by atoms with Gasteiger partial charge in [-0.2, -0.15) is 0 Å². The lowest BCUT2D eigenvalue weighted by atomic mass is 9.83. The van der Waals surface area contributed by atoms with Crippen LogP contribution in [0.3, 0.4) is 0 Å². The van der Waals surface area contributed by atoms with Gasteiger partial charge in [0.1, 0.15) is 0 Å². The normalized spacial score (nSPS) is 17.0. The van der Waals surface area contributed by atoms with Crippen LogP contribution in [0.15, 0.2) is 91.1 Å². The Morgan fingerprint density at radius 1 is 1.12 bits per heavy atom. The fourth-order valence-electron chi connectivity index (χ4n) is 5.12. The largest absolute Gasteiger partial charge is 0.396 e. The average molecular weight is 586 g/mol. The van der Waals surface area contributed by atoms with E-state index in [-0.39, 0.29) is 19.1 Å². The zero-order valence-corrected chi connectivity index (χ0v) is 23.9. The van der Waals surface area contributed by atoms with Gasteiger partial charge in [-0.25, -0.2) is 0 Å². The minimum Gasteiger partial charge on any atom is -0.396 e. The number of aryl methyl sites for hydroxylation is 1. The van der Waals surface area contributed by atoms with E-state index in [0.29, 0.717) is 46.9 Å². The van der Waals surface area contributed by atoms with E-state index in [1.165, 1.54) is 0 Å². The van der Waals surface area contributed by atoms with Gasteiger partial charge in [-0.05, 0) is 54.4 Å². The van der Waals surface area contributed by atoms with Crippen LogP contribution in [-0.4, -0.2) is 43.6 Å². The molecule has 4 aromatic rings. The number of aliphatic hydroxyl groups is 2. The molecule has 0 aliphatic carbocycles. The van der Waals surface area contributed by atoms with Crippen molar-refractivity contribution < 1.29 is 19.8 Å². The van der Waals surface area contributed by atoms with Crippen molar-refractivity contribution in [3.63, 3.8) is 0 Å². The number of nitrogens with one attached hydrogen (secondary N) is 1. The first kappa shape index (κ1) is 29.2. The van der Waals surface area contributed by atoms with Crippen molar-refractivity contribution in [1.82, 2.24) is 15.0 Å². The van der Waals surface area contributed by atoms with E-state index in [2.05, 4.69) is 15.6 Å². The third-order valence-electron chi connectivity index (χ3n) is 7.36. The third-order valence-corrected chi connectivity index (χ3v) is 7.59. The molecule has 0 fully saturated rings. The molecule has 0 radical (unpaired) electrons. The molecule has 0 saturated heterocycles. The Morgan fingerprint density at radius 3 is 2.71 bits per heavy atom. The maximum absolute atomic E-state index is 13.9. The van der Waals surface area contributed by atoms with Crippen LogP contribution < -0.4 is 10.2 Å². The number of rotatable bonds is 11. The summed E-state index contributed by atoms with van der Waals surface area (Å²) in [6, 6.07) is 21.3. The summed E-state index contributed by atoms with van der Waals surface area (Å²) in [6.07, 6.45) is 6.60. The molecule has 1 aromatic heterocycles. The maximum atomic E-state index is 13.9. The van der Waals surface area contributed by atoms with Crippen molar-refractivity contribution >= 4 is 34.8 Å². The lowest BCUT2D eigenvalue weighted by molar-refractivity contribution is -0.139. The Hall–Kier alpha value is -4.31. The summed E-state index contributed by atoms with van der Waals surface area (Å²) in [4.78, 5) is 28.1. The number of halogens is 1. The molecular formula is C32H32ClN5O4. The van der Waals surface area contributed by atoms with Gasteiger partial charge in [0.05, 0.1) is 17.9 Å². The number of fused-ring (bicyclic) bond motifs is 1. The van der Waals surface area contributed by atoms with Crippen LogP contribution in [0.25, 0.3) is 0 Å². The summed E-state index contributed by atoms with van der Waals surface area (Å²) in [5.41, 5.74) is 1.89. The Bertz CT molecular complexity index is 1610. The molecule has 3 aromatic carbocycles. The Kier molecular flexibility index (Phi) is 8.82. The SMILES string of the molecule is C[C@H](/C=C/CCn1cc(CCO)nn1)[C@@]1(O)C(=O)N(Cc2cccc(NC(=O)c3ccccc3)c2)c2ccc(Cl)cc21. The molecule has 0 unspecified atom stereocenters. The zero-order valence-electron chi connectivity index (χ0n) is 23.2. The summed E-state index contributed by atoms with van der Waals surface area (Å²) in [7, 11) is 0. The van der Waals surface area contributed by atoms with E-state index in [0.717, 1.165) is 11.3 Å². The second-order valence-corrected chi connectivity index (χ2v) is 10.7. The zero-order chi connectivity index (χ0) is 29.7. The first-order valence-electron chi connectivity index (χ1n) is 13.8. The van der Waals surface area contributed by atoms with Crippen LogP contribution >= 0.6 is 11.6 Å². The smallest absolute Gasteiger partial charge is 0.264 e. The highest BCUT2D eigenvalue weighted by Crippen LogP contribution is 2.46. The number of carbonyl (C=O) groups is 2. The lowest BCUT2D eigenvalue weighted by Crippen LogP contribution is -2.44. The molecule has 2 heterocycles. The molecule has 9 nitrogen and oxygen atoms in total. The second kappa shape index (κ2) is 12.7. The molecule has 3 N–H and O–H groups in total. The molecule has 5 rings (SSSR count). The summed E-state index contributed by atoms with van der Waals surface area (Å²) >= 11 is 6.32. The molecule has 0 saturated carbocycles. The van der Waals surface area contributed by atoms with Crippen LogP contribution in [-0.2, 0) is 29.9 Å². The molecule has 1 aliphatic heterocycles. The van der Waals surface area contributed by atoms with Crippen LogP contribution in [0.4, 0.5) is 11.4 Å². The molecular weight excluding hydrogens is 554 g/mol. The number of anilines is 2. The van der Waals surface area contributed by atoms with Crippen molar-refractivity contribution in [1.29, 1.82) is 0 Å². The third kappa shape index (κ3) is 6.13. The fourth-order valence-corrected chi connectivity index (χ4v) is 5.29. The highest BCUT2D eigenvalue weighted by molar-refractivity contribution is 6.31. The number of hydrogen-bond donors (Lipinski definition) is 3. The summed E-state index contributed by atoms with van der Waals surface area (Å²) in [6.45, 7) is 2.59. The van der Waals surface area contributed by atoms with E-state index in [1.54, 1.807) is 71.2 Å². The predicted molar refractivity (Wildman–Crippen MR) is 161 cm³/mol. The van der Waals surface area contributed by atoms with Gasteiger partial charge in [0.2, 0.25) is 0 Å². The van der Waals surface area contributed by atoms with Crippen molar-refractivity contribution in [2.75, 3.05) is 16.8 Å². The van der Waals surface area contributed by atoms with E-state index in [1.807, 2.05) is 36.4 Å². The molecule has 216 valence electrons. The van der Waals surface area contributed by atoms with E-state index >= 15 is 0 Å². The maximum Gasteiger partial charge on any atom is 0.264 e. The van der Waals surface area contributed by atoms with Crippen molar-refractivity contribution in [3.8, 4) is 0 Å². The van der Waals surface area contributed by atoms with Crippen molar-refractivity contribution in [2.45, 2.75) is 38.5 Å². The molecule has 1 aliphatic rings. The Labute approximate surface area is 249 Å². The molecule has 10 heteroatoms. The second-order valence-electron chi connectivity index (χ2n) is 10.3. The number of aliphatic hydroxyl groups excluding tert-OH is 1. The molecule has 42 heavy (non-hydrogen) atoms. The van der Waals surface area contributed by atoms with Gasteiger partial charge in [-0.15, -0.1) is 5.10 Å². The fraction of sp³-hybridized carbons (Fsp3) is 0.250. The van der Waals surface area contributed by atoms with E-state index in [4.69, 9.17) is 16.7 Å². The highest BCUT2D eigenvalue weighted by atomic mass is 35.5. The van der Waals surface area contributed by atoms with E-state index < -0.39 is 17.4 Å². The van der Waals surface area contributed by atoms with Gasteiger partial charge in [0.25, 0.3) is 11.8 Å². The van der Waals surface area contributed by atoms with Crippen LogP contribution in [0, 0.1) is 5.92 Å².